The van der Waals surface area contributed by atoms with Crippen molar-refractivity contribution in [3.63, 3.8) is 0 Å². The van der Waals surface area contributed by atoms with Crippen LogP contribution in [0, 0.1) is 16.7 Å². The van der Waals surface area contributed by atoms with Crippen molar-refractivity contribution >= 4 is 29.0 Å². The van der Waals surface area contributed by atoms with Gasteiger partial charge in [-0.05, 0) is 23.8 Å². The fourth-order valence-electron chi connectivity index (χ4n) is 2.39. The molecule has 0 saturated carbocycles. The summed E-state index contributed by atoms with van der Waals surface area (Å²) in [5.74, 6) is 1.19. The van der Waals surface area contributed by atoms with E-state index in [4.69, 9.17) is 21.1 Å². The molecule has 3 aromatic rings. The molecule has 0 aliphatic carbocycles. The number of fused-ring (bicyclic) bond motifs is 1. The van der Waals surface area contributed by atoms with Crippen LogP contribution in [-0.2, 0) is 0 Å². The third-order valence-corrected chi connectivity index (χ3v) is 3.75. The van der Waals surface area contributed by atoms with Crippen LogP contribution in [0.2, 0.25) is 0 Å². The number of rotatable bonds is 5. The summed E-state index contributed by atoms with van der Waals surface area (Å²) in [6.07, 6.45) is 7.70. The maximum Gasteiger partial charge on any atom is 0.155 e. The Hall–Kier alpha value is -3.92. The molecule has 0 fully saturated rings. The van der Waals surface area contributed by atoms with Crippen LogP contribution >= 0.6 is 0 Å². The molecule has 0 atom stereocenters. The third kappa shape index (κ3) is 3.44. The van der Waals surface area contributed by atoms with E-state index in [1.807, 2.05) is 24.3 Å². The average molecular weight is 344 g/mol. The van der Waals surface area contributed by atoms with Crippen molar-refractivity contribution in [2.24, 2.45) is 5.73 Å². The molecule has 0 aliphatic heterocycles. The summed E-state index contributed by atoms with van der Waals surface area (Å²) in [5, 5.41) is 16.6. The number of benzene rings is 1. The zero-order valence-corrected chi connectivity index (χ0v) is 14.0. The number of ether oxygens (including phenoxy) is 1. The Kier molecular flexibility index (Phi) is 4.76. The van der Waals surface area contributed by atoms with Crippen molar-refractivity contribution < 1.29 is 4.74 Å². The number of allylic oxidation sites excluding steroid dienone is 2. The third-order valence-electron chi connectivity index (χ3n) is 3.75. The average Bonchev–Trinajstić information content (AvgIpc) is 3.11. The van der Waals surface area contributed by atoms with Gasteiger partial charge >= 0.3 is 0 Å². The second-order valence-electron chi connectivity index (χ2n) is 5.43. The van der Waals surface area contributed by atoms with Crippen LogP contribution in [0.15, 0.2) is 48.3 Å². The van der Waals surface area contributed by atoms with Gasteiger partial charge in [0.25, 0.3) is 0 Å². The summed E-state index contributed by atoms with van der Waals surface area (Å²) >= 11 is 0. The van der Waals surface area contributed by atoms with Gasteiger partial charge < -0.3 is 20.9 Å². The number of hydrogen-bond acceptors (Lipinski definition) is 6. The van der Waals surface area contributed by atoms with Gasteiger partial charge in [-0.3, -0.25) is 4.98 Å². The normalized spacial score (nSPS) is 12.0. The van der Waals surface area contributed by atoms with Crippen molar-refractivity contribution in [3.8, 4) is 11.8 Å². The van der Waals surface area contributed by atoms with E-state index in [9.17, 15) is 0 Å². The Morgan fingerprint density at radius 1 is 1.35 bits per heavy atom. The van der Waals surface area contributed by atoms with Gasteiger partial charge in [-0.2, -0.15) is 5.26 Å². The standard InChI is InChI=1S/C19H16N6O/c1-26-15-4-5-16-17(7-15)25-19(24-16)18(22)14(9-21)3-2-12-6-13(8-20)11-23-10-12/h2-7,9-11,21H,22H2,1H3,(H,24,25)/b3-2+,18-14?,21-9?. The van der Waals surface area contributed by atoms with Crippen LogP contribution in [0.1, 0.15) is 17.0 Å². The number of nitrogens with zero attached hydrogens (tertiary/aromatic N) is 3. The highest BCUT2D eigenvalue weighted by Gasteiger charge is 2.09. The SMILES string of the molecule is COc1ccc2nc(C(N)=C(C=N)/C=C/c3cncc(C#N)c3)[nH]c2c1. The lowest BCUT2D eigenvalue weighted by molar-refractivity contribution is 0.415. The molecule has 0 aliphatic rings. The minimum absolute atomic E-state index is 0.343. The van der Waals surface area contributed by atoms with Crippen molar-refractivity contribution in [3.05, 3.63) is 65.3 Å². The van der Waals surface area contributed by atoms with Crippen LogP contribution in [0.3, 0.4) is 0 Å². The Morgan fingerprint density at radius 3 is 2.92 bits per heavy atom. The van der Waals surface area contributed by atoms with Crippen LogP contribution in [0.4, 0.5) is 0 Å². The molecule has 1 aromatic carbocycles. The zero-order valence-electron chi connectivity index (χ0n) is 14.0. The number of nitriles is 1. The summed E-state index contributed by atoms with van der Waals surface area (Å²) in [7, 11) is 1.60. The van der Waals surface area contributed by atoms with Gasteiger partial charge in [0, 0.05) is 30.2 Å². The molecule has 7 heteroatoms. The maximum atomic E-state index is 8.93. The number of methoxy groups -OCH3 is 1. The molecule has 128 valence electrons. The highest BCUT2D eigenvalue weighted by Crippen LogP contribution is 2.21. The Balaban J connectivity index is 1.96. The van der Waals surface area contributed by atoms with Crippen LogP contribution in [0.5, 0.6) is 5.75 Å². The Labute approximate surface area is 150 Å². The molecule has 0 radical (unpaired) electrons. The number of nitrogens with one attached hydrogen (secondary N) is 2. The smallest absolute Gasteiger partial charge is 0.155 e. The van der Waals surface area contributed by atoms with E-state index in [2.05, 4.69) is 15.0 Å². The lowest BCUT2D eigenvalue weighted by Crippen LogP contribution is -2.03. The summed E-state index contributed by atoms with van der Waals surface area (Å²) < 4.78 is 5.20. The van der Waals surface area contributed by atoms with Gasteiger partial charge in [-0.1, -0.05) is 12.2 Å². The number of aromatic nitrogens is 3. The number of imidazole rings is 1. The van der Waals surface area contributed by atoms with E-state index in [0.717, 1.165) is 22.8 Å². The number of pyridine rings is 1. The first-order valence-electron chi connectivity index (χ1n) is 7.72. The molecule has 0 unspecified atom stereocenters. The predicted molar refractivity (Wildman–Crippen MR) is 101 cm³/mol. The highest BCUT2D eigenvalue weighted by molar-refractivity contribution is 5.93. The van der Waals surface area contributed by atoms with E-state index in [0.29, 0.717) is 28.4 Å². The molecule has 3 rings (SSSR count). The second-order valence-corrected chi connectivity index (χ2v) is 5.43. The van der Waals surface area contributed by atoms with Crippen LogP contribution in [-0.4, -0.2) is 28.3 Å². The van der Waals surface area contributed by atoms with Gasteiger partial charge in [0.05, 0.1) is 29.4 Å². The summed E-state index contributed by atoms with van der Waals surface area (Å²) in [4.78, 5) is 11.6. The first-order chi connectivity index (χ1) is 12.6. The Morgan fingerprint density at radius 2 is 2.19 bits per heavy atom. The molecule has 7 nitrogen and oxygen atoms in total. The topological polar surface area (TPSA) is 124 Å². The lowest BCUT2D eigenvalue weighted by Gasteiger charge is -2.01. The fourth-order valence-corrected chi connectivity index (χ4v) is 2.39. The monoisotopic (exact) mass is 344 g/mol. The number of H-pyrrole nitrogens is 1. The van der Waals surface area contributed by atoms with Crippen molar-refractivity contribution in [2.75, 3.05) is 7.11 Å². The van der Waals surface area contributed by atoms with Crippen LogP contribution in [0.25, 0.3) is 22.8 Å². The molecule has 0 spiro atoms. The van der Waals surface area contributed by atoms with Gasteiger partial charge in [-0.25, -0.2) is 4.98 Å². The van der Waals surface area contributed by atoms with Gasteiger partial charge in [-0.15, -0.1) is 0 Å². The van der Waals surface area contributed by atoms with Gasteiger partial charge in [0.1, 0.15) is 11.8 Å². The first-order valence-corrected chi connectivity index (χ1v) is 7.72. The molecule has 26 heavy (non-hydrogen) atoms. The highest BCUT2D eigenvalue weighted by atomic mass is 16.5. The maximum absolute atomic E-state index is 8.93. The van der Waals surface area contributed by atoms with Gasteiger partial charge in [0.2, 0.25) is 0 Å². The molecule has 2 aromatic heterocycles. The molecule has 2 heterocycles. The largest absolute Gasteiger partial charge is 0.497 e. The zero-order chi connectivity index (χ0) is 18.5. The van der Waals surface area contributed by atoms with E-state index in [-0.39, 0.29) is 0 Å². The summed E-state index contributed by atoms with van der Waals surface area (Å²) in [6, 6.07) is 9.23. The Bertz CT molecular complexity index is 1070. The fraction of sp³-hybridized carbons (Fsp3) is 0.0526. The number of nitrogens with two attached hydrogens (primary N) is 1. The van der Waals surface area contributed by atoms with Crippen molar-refractivity contribution in [1.82, 2.24) is 15.0 Å². The van der Waals surface area contributed by atoms with E-state index < -0.39 is 0 Å². The summed E-state index contributed by atoms with van der Waals surface area (Å²) in [5.41, 5.74) is 9.77. The molecule has 4 N–H and O–H groups in total. The van der Waals surface area contributed by atoms with E-state index in [1.54, 1.807) is 31.5 Å². The number of hydrogen-bond donors (Lipinski definition) is 3. The van der Waals surface area contributed by atoms with Gasteiger partial charge in [0.15, 0.2) is 5.82 Å². The quantitative estimate of drug-likeness (QED) is 0.485. The summed E-state index contributed by atoms with van der Waals surface area (Å²) in [6.45, 7) is 0. The van der Waals surface area contributed by atoms with E-state index in [1.165, 1.54) is 6.20 Å². The second kappa shape index (κ2) is 7.32. The van der Waals surface area contributed by atoms with E-state index >= 15 is 0 Å². The first kappa shape index (κ1) is 16.9. The molecule has 0 saturated heterocycles. The molecule has 0 amide bonds. The molecular weight excluding hydrogens is 328 g/mol. The minimum atomic E-state index is 0.343. The van der Waals surface area contributed by atoms with Crippen molar-refractivity contribution in [2.45, 2.75) is 0 Å². The predicted octanol–water partition coefficient (Wildman–Crippen LogP) is 2.87. The number of aromatic amines is 1. The minimum Gasteiger partial charge on any atom is -0.497 e. The van der Waals surface area contributed by atoms with Crippen LogP contribution < -0.4 is 10.5 Å². The van der Waals surface area contributed by atoms with Crippen molar-refractivity contribution in [1.29, 1.82) is 10.7 Å². The molecule has 0 bridgehead atoms. The lowest BCUT2D eigenvalue weighted by atomic mass is 10.1. The molecular formula is C19H16N6O.